The van der Waals surface area contributed by atoms with Gasteiger partial charge in [0.2, 0.25) is 0 Å². The number of benzene rings is 1. The summed E-state index contributed by atoms with van der Waals surface area (Å²) in [5.74, 6) is -0.173. The van der Waals surface area contributed by atoms with Crippen molar-refractivity contribution in [3.05, 3.63) is 57.3 Å². The molecule has 0 spiro atoms. The molecule has 2 aliphatic rings. The number of rotatable bonds is 2. The molecule has 3 heterocycles. The number of halogens is 2. The van der Waals surface area contributed by atoms with Gasteiger partial charge < -0.3 is 10.2 Å². The summed E-state index contributed by atoms with van der Waals surface area (Å²) in [6.07, 6.45) is 3.20. The highest BCUT2D eigenvalue weighted by Crippen LogP contribution is 2.39. The monoisotopic (exact) mass is 361 g/mol. The minimum atomic E-state index is -0.173. The van der Waals surface area contributed by atoms with Gasteiger partial charge in [-0.05, 0) is 42.5 Å². The molecule has 1 aromatic carbocycles. The number of aryl methyl sites for hydroxylation is 1. The van der Waals surface area contributed by atoms with E-state index in [0.717, 1.165) is 25.9 Å². The number of hydrogen-bond acceptors (Lipinski definition) is 3. The lowest BCUT2D eigenvalue weighted by Crippen LogP contribution is -2.40. The summed E-state index contributed by atoms with van der Waals surface area (Å²) in [5, 5.41) is 3.57. The minimum Gasteiger partial charge on any atom is -0.371 e. The van der Waals surface area contributed by atoms with Crippen LogP contribution in [0.1, 0.15) is 40.4 Å². The van der Waals surface area contributed by atoms with Crippen LogP contribution in [0.25, 0.3) is 0 Å². The maximum Gasteiger partial charge on any atom is 0.251 e. The number of carbonyl (C=O) groups excluding carboxylic acids is 1. The van der Waals surface area contributed by atoms with Crippen molar-refractivity contribution in [1.29, 1.82) is 0 Å². The third-order valence-electron chi connectivity index (χ3n) is 4.73. The molecule has 1 amide bonds. The zero-order chi connectivity index (χ0) is 16.7. The van der Waals surface area contributed by atoms with Gasteiger partial charge in [0.15, 0.2) is 0 Å². The summed E-state index contributed by atoms with van der Waals surface area (Å²) in [4.78, 5) is 18.9. The van der Waals surface area contributed by atoms with E-state index in [1.807, 2.05) is 0 Å². The Morgan fingerprint density at radius 3 is 2.79 bits per heavy atom. The van der Waals surface area contributed by atoms with Gasteiger partial charge in [-0.1, -0.05) is 41.4 Å². The van der Waals surface area contributed by atoms with E-state index in [0.29, 0.717) is 5.56 Å². The van der Waals surface area contributed by atoms with E-state index in [9.17, 15) is 4.79 Å². The second-order valence-corrected chi connectivity index (χ2v) is 7.04. The molecule has 0 saturated carbocycles. The Kier molecular flexibility index (Phi) is 4.10. The Hall–Kier alpha value is -1.78. The summed E-state index contributed by atoms with van der Waals surface area (Å²) in [6, 6.07) is 9.48. The van der Waals surface area contributed by atoms with Crippen LogP contribution in [-0.2, 0) is 6.42 Å². The van der Waals surface area contributed by atoms with Gasteiger partial charge in [0, 0.05) is 24.3 Å². The molecule has 124 valence electrons. The molecule has 4 nitrogen and oxygen atoms in total. The smallest absolute Gasteiger partial charge is 0.251 e. The lowest BCUT2D eigenvalue weighted by Gasteiger charge is -2.40. The fourth-order valence-corrected chi connectivity index (χ4v) is 4.16. The molecule has 4 rings (SSSR count). The number of amides is 1. The van der Waals surface area contributed by atoms with Crippen LogP contribution in [0.15, 0.2) is 30.3 Å². The van der Waals surface area contributed by atoms with Gasteiger partial charge >= 0.3 is 0 Å². The molecule has 1 atom stereocenters. The minimum absolute atomic E-state index is 0.00696. The predicted octanol–water partition coefficient (Wildman–Crippen LogP) is 4.02. The Labute approximate surface area is 150 Å². The number of anilines is 1. The molecule has 0 fully saturated rings. The molecular weight excluding hydrogens is 345 g/mol. The second kappa shape index (κ2) is 6.26. The largest absolute Gasteiger partial charge is 0.371 e. The van der Waals surface area contributed by atoms with Crippen LogP contribution in [0.2, 0.25) is 10.3 Å². The zero-order valence-electron chi connectivity index (χ0n) is 13.1. The Morgan fingerprint density at radius 2 is 2.00 bits per heavy atom. The molecule has 0 bridgehead atoms. The van der Waals surface area contributed by atoms with Gasteiger partial charge in [-0.25, -0.2) is 4.98 Å². The highest BCUT2D eigenvalue weighted by atomic mass is 35.5. The fraction of sp³-hybridized carbons (Fsp3) is 0.333. The first kappa shape index (κ1) is 15.7. The number of hydrogen-bond donors (Lipinski definition) is 1. The van der Waals surface area contributed by atoms with E-state index >= 15 is 0 Å². The maximum atomic E-state index is 12.6. The molecule has 2 aromatic rings. The Morgan fingerprint density at radius 1 is 1.21 bits per heavy atom. The summed E-state index contributed by atoms with van der Waals surface area (Å²) < 4.78 is 0. The van der Waals surface area contributed by atoms with Gasteiger partial charge in [-0.15, -0.1) is 0 Å². The van der Waals surface area contributed by atoms with E-state index in [1.54, 1.807) is 12.1 Å². The van der Waals surface area contributed by atoms with E-state index < -0.39 is 0 Å². The van der Waals surface area contributed by atoms with Crippen LogP contribution in [-0.4, -0.2) is 24.0 Å². The quantitative estimate of drug-likeness (QED) is 0.821. The average molecular weight is 362 g/mol. The molecule has 24 heavy (non-hydrogen) atoms. The Balaban J connectivity index is 1.63. The van der Waals surface area contributed by atoms with Crippen LogP contribution < -0.4 is 10.2 Å². The molecule has 1 aromatic heterocycles. The first-order chi connectivity index (χ1) is 11.6. The second-order valence-electron chi connectivity index (χ2n) is 6.26. The van der Waals surface area contributed by atoms with Gasteiger partial charge in [0.25, 0.3) is 5.91 Å². The molecule has 1 unspecified atom stereocenters. The lowest BCUT2D eigenvalue weighted by molar-refractivity contribution is 0.0934. The number of aromatic nitrogens is 1. The summed E-state index contributed by atoms with van der Waals surface area (Å²) >= 11 is 11.8. The van der Waals surface area contributed by atoms with Gasteiger partial charge in [-0.3, -0.25) is 4.79 Å². The number of para-hydroxylation sites is 1. The molecule has 6 heteroatoms. The van der Waals surface area contributed by atoms with Crippen molar-refractivity contribution < 1.29 is 4.79 Å². The van der Waals surface area contributed by atoms with Crippen LogP contribution in [0, 0.1) is 0 Å². The highest BCUT2D eigenvalue weighted by molar-refractivity contribution is 6.33. The van der Waals surface area contributed by atoms with Gasteiger partial charge in [-0.2, -0.15) is 0 Å². The van der Waals surface area contributed by atoms with Crippen molar-refractivity contribution in [2.45, 2.75) is 25.3 Å². The summed E-state index contributed by atoms with van der Waals surface area (Å²) in [7, 11) is 0. The molecular formula is C18H17Cl2N3O. The van der Waals surface area contributed by atoms with Crippen LogP contribution >= 0.6 is 23.2 Å². The predicted molar refractivity (Wildman–Crippen MR) is 96.1 cm³/mol. The lowest BCUT2D eigenvalue weighted by atomic mass is 9.89. The third kappa shape index (κ3) is 2.85. The molecule has 1 N–H and O–H groups in total. The molecule has 2 aliphatic heterocycles. The first-order valence-corrected chi connectivity index (χ1v) is 8.88. The highest BCUT2D eigenvalue weighted by Gasteiger charge is 2.30. The number of carbonyl (C=O) groups is 1. The van der Waals surface area contributed by atoms with E-state index in [2.05, 4.69) is 33.4 Å². The van der Waals surface area contributed by atoms with Gasteiger partial charge in [0.1, 0.15) is 10.3 Å². The van der Waals surface area contributed by atoms with Gasteiger partial charge in [0.05, 0.1) is 6.04 Å². The number of pyridine rings is 1. The normalized spacial score (nSPS) is 18.9. The maximum absolute atomic E-state index is 12.6. The number of nitrogens with zero attached hydrogens (tertiary/aromatic N) is 2. The number of nitrogens with one attached hydrogen (secondary N) is 1. The summed E-state index contributed by atoms with van der Waals surface area (Å²) in [5.41, 5.74) is 4.34. The first-order valence-electron chi connectivity index (χ1n) is 8.12. The van der Waals surface area contributed by atoms with Crippen molar-refractivity contribution >= 4 is 34.8 Å². The van der Waals surface area contributed by atoms with E-state index in [-0.39, 0.29) is 22.3 Å². The van der Waals surface area contributed by atoms with Crippen molar-refractivity contribution in [3.8, 4) is 0 Å². The van der Waals surface area contributed by atoms with Crippen LogP contribution in [0.4, 0.5) is 5.69 Å². The third-order valence-corrected chi connectivity index (χ3v) is 5.12. The van der Waals surface area contributed by atoms with Crippen LogP contribution in [0.3, 0.4) is 0 Å². The van der Waals surface area contributed by atoms with Crippen molar-refractivity contribution in [2.24, 2.45) is 0 Å². The van der Waals surface area contributed by atoms with E-state index in [1.165, 1.54) is 23.2 Å². The van der Waals surface area contributed by atoms with E-state index in [4.69, 9.17) is 23.2 Å². The Bertz CT molecular complexity index is 789. The SMILES string of the molecule is O=C(NC1CCN2CCCc3cccc1c32)c1cc(Cl)nc(Cl)c1. The van der Waals surface area contributed by atoms with Crippen molar-refractivity contribution in [2.75, 3.05) is 18.0 Å². The topological polar surface area (TPSA) is 45.2 Å². The molecule has 0 saturated heterocycles. The standard InChI is InChI=1S/C18H17Cl2N3O/c19-15-9-12(10-16(20)22-15)18(24)21-14-6-8-23-7-2-4-11-3-1-5-13(14)17(11)23/h1,3,5,9-10,14H,2,4,6-8H2,(H,21,24). The van der Waals surface area contributed by atoms with Crippen LogP contribution in [0.5, 0.6) is 0 Å². The van der Waals surface area contributed by atoms with Crippen molar-refractivity contribution in [1.82, 2.24) is 10.3 Å². The molecule has 0 radical (unpaired) electrons. The fourth-order valence-electron chi connectivity index (χ4n) is 3.70. The molecule has 0 aliphatic carbocycles. The average Bonchev–Trinajstić information content (AvgIpc) is 2.57. The summed E-state index contributed by atoms with van der Waals surface area (Å²) in [6.45, 7) is 2.06. The van der Waals surface area contributed by atoms with Crippen molar-refractivity contribution in [3.63, 3.8) is 0 Å². The zero-order valence-corrected chi connectivity index (χ0v) is 14.6.